The number of nitrogens with zero attached hydrogens (tertiary/aromatic N) is 3. The van der Waals surface area contributed by atoms with Gasteiger partial charge in [0.1, 0.15) is 11.9 Å². The van der Waals surface area contributed by atoms with Gasteiger partial charge in [-0.1, -0.05) is 30.3 Å². The Labute approximate surface area is 201 Å². The van der Waals surface area contributed by atoms with Crippen LogP contribution in [0.2, 0.25) is 0 Å². The summed E-state index contributed by atoms with van der Waals surface area (Å²) in [7, 11) is 0. The lowest BCUT2D eigenvalue weighted by Crippen LogP contribution is -2.49. The SMILES string of the molecule is CC(C)(C)NC(=O)OC1CCN(Cc2ccccc2)CC1COc1ccc(-n2cccn2)cc1. The van der Waals surface area contributed by atoms with E-state index < -0.39 is 0 Å². The van der Waals surface area contributed by atoms with Gasteiger partial charge in [-0.25, -0.2) is 9.48 Å². The van der Waals surface area contributed by atoms with Crippen LogP contribution in [0, 0.1) is 5.92 Å². The first-order valence-corrected chi connectivity index (χ1v) is 11.8. The van der Waals surface area contributed by atoms with Gasteiger partial charge in [0.15, 0.2) is 0 Å². The fourth-order valence-corrected chi connectivity index (χ4v) is 4.18. The molecular formula is C27H34N4O3. The summed E-state index contributed by atoms with van der Waals surface area (Å²) >= 11 is 0. The Morgan fingerprint density at radius 2 is 1.85 bits per heavy atom. The van der Waals surface area contributed by atoms with Crippen molar-refractivity contribution in [2.24, 2.45) is 5.92 Å². The molecule has 1 aliphatic heterocycles. The summed E-state index contributed by atoms with van der Waals surface area (Å²) in [6.45, 7) is 8.86. The van der Waals surface area contributed by atoms with Crippen LogP contribution in [-0.2, 0) is 11.3 Å². The van der Waals surface area contributed by atoms with E-state index in [0.29, 0.717) is 6.61 Å². The van der Waals surface area contributed by atoms with Crippen LogP contribution in [0.1, 0.15) is 32.8 Å². The zero-order valence-electron chi connectivity index (χ0n) is 20.2. The van der Waals surface area contributed by atoms with Crippen LogP contribution < -0.4 is 10.1 Å². The molecule has 4 rings (SSSR count). The maximum Gasteiger partial charge on any atom is 0.407 e. The number of benzene rings is 2. The van der Waals surface area contributed by atoms with Crippen molar-refractivity contribution in [3.8, 4) is 11.4 Å². The van der Waals surface area contributed by atoms with Crippen LogP contribution >= 0.6 is 0 Å². The number of hydrogen-bond donors (Lipinski definition) is 1. The van der Waals surface area contributed by atoms with Crippen molar-refractivity contribution in [3.05, 3.63) is 78.6 Å². The summed E-state index contributed by atoms with van der Waals surface area (Å²) < 4.78 is 13.8. The molecular weight excluding hydrogens is 428 g/mol. The highest BCUT2D eigenvalue weighted by molar-refractivity contribution is 5.68. The Hall–Kier alpha value is -3.32. The Morgan fingerprint density at radius 1 is 1.09 bits per heavy atom. The summed E-state index contributed by atoms with van der Waals surface area (Å²) in [4.78, 5) is 14.9. The Bertz CT molecular complexity index is 1030. The van der Waals surface area contributed by atoms with Crippen molar-refractivity contribution >= 4 is 6.09 Å². The highest BCUT2D eigenvalue weighted by Crippen LogP contribution is 2.24. The number of nitrogens with one attached hydrogen (secondary N) is 1. The van der Waals surface area contributed by atoms with E-state index in [1.165, 1.54) is 5.56 Å². The van der Waals surface area contributed by atoms with Gasteiger partial charge in [-0.05, 0) is 63.1 Å². The maximum absolute atomic E-state index is 12.5. The third kappa shape index (κ3) is 6.84. The molecule has 7 nitrogen and oxygen atoms in total. The highest BCUT2D eigenvalue weighted by atomic mass is 16.6. The maximum atomic E-state index is 12.5. The largest absolute Gasteiger partial charge is 0.493 e. The van der Waals surface area contributed by atoms with E-state index in [0.717, 1.165) is 37.5 Å². The second-order valence-corrected chi connectivity index (χ2v) is 9.84. The molecule has 0 aliphatic carbocycles. The van der Waals surface area contributed by atoms with E-state index in [4.69, 9.17) is 9.47 Å². The van der Waals surface area contributed by atoms with Crippen LogP contribution in [-0.4, -0.2) is 52.1 Å². The normalized spacial score (nSPS) is 18.9. The molecule has 1 amide bonds. The Kier molecular flexibility index (Phi) is 7.53. The fraction of sp³-hybridized carbons (Fsp3) is 0.407. The van der Waals surface area contributed by atoms with Gasteiger partial charge < -0.3 is 14.8 Å². The average Bonchev–Trinajstić information content (AvgIpc) is 3.34. The number of rotatable bonds is 7. The van der Waals surface area contributed by atoms with E-state index in [1.54, 1.807) is 6.20 Å². The molecule has 1 N–H and O–H groups in total. The molecule has 0 saturated carbocycles. The smallest absolute Gasteiger partial charge is 0.407 e. The molecule has 0 bridgehead atoms. The monoisotopic (exact) mass is 462 g/mol. The summed E-state index contributed by atoms with van der Waals surface area (Å²) in [5.74, 6) is 0.850. The molecule has 7 heteroatoms. The summed E-state index contributed by atoms with van der Waals surface area (Å²) in [5, 5.41) is 7.16. The van der Waals surface area contributed by atoms with Crippen molar-refractivity contribution in [3.63, 3.8) is 0 Å². The van der Waals surface area contributed by atoms with E-state index in [9.17, 15) is 4.79 Å². The number of amides is 1. The fourth-order valence-electron chi connectivity index (χ4n) is 4.18. The van der Waals surface area contributed by atoms with Crippen molar-refractivity contribution in [2.45, 2.75) is 45.4 Å². The van der Waals surface area contributed by atoms with Gasteiger partial charge in [0.2, 0.25) is 0 Å². The molecule has 1 aliphatic rings. The summed E-state index contributed by atoms with van der Waals surface area (Å²) in [5.41, 5.74) is 1.92. The van der Waals surface area contributed by atoms with Gasteiger partial charge in [-0.15, -0.1) is 0 Å². The Morgan fingerprint density at radius 3 is 2.53 bits per heavy atom. The minimum absolute atomic E-state index is 0.0639. The van der Waals surface area contributed by atoms with Gasteiger partial charge in [0.05, 0.1) is 12.3 Å². The first-order valence-electron chi connectivity index (χ1n) is 11.8. The highest BCUT2D eigenvalue weighted by Gasteiger charge is 2.33. The molecule has 2 aromatic carbocycles. The number of likely N-dealkylation sites (tertiary alicyclic amines) is 1. The summed E-state index contributed by atoms with van der Waals surface area (Å²) in [6.07, 6.45) is 3.87. The van der Waals surface area contributed by atoms with Gasteiger partial charge in [0, 0.05) is 43.5 Å². The second-order valence-electron chi connectivity index (χ2n) is 9.84. The van der Waals surface area contributed by atoms with Crippen molar-refractivity contribution in [2.75, 3.05) is 19.7 Å². The minimum Gasteiger partial charge on any atom is -0.493 e. The molecule has 1 aromatic heterocycles. The third-order valence-corrected chi connectivity index (χ3v) is 5.80. The topological polar surface area (TPSA) is 68.6 Å². The van der Waals surface area contributed by atoms with Crippen molar-refractivity contribution in [1.82, 2.24) is 20.0 Å². The minimum atomic E-state index is -0.373. The lowest BCUT2D eigenvalue weighted by Gasteiger charge is -2.38. The number of hydrogen-bond acceptors (Lipinski definition) is 5. The third-order valence-electron chi connectivity index (χ3n) is 5.80. The molecule has 2 unspecified atom stereocenters. The van der Waals surface area contributed by atoms with Gasteiger partial charge >= 0.3 is 6.09 Å². The number of carbonyl (C=O) groups excluding carboxylic acids is 1. The second kappa shape index (κ2) is 10.7. The predicted octanol–water partition coefficient (Wildman–Crippen LogP) is 4.67. The number of ether oxygens (including phenoxy) is 2. The first-order chi connectivity index (χ1) is 16.4. The van der Waals surface area contributed by atoms with Crippen molar-refractivity contribution in [1.29, 1.82) is 0 Å². The van der Waals surface area contributed by atoms with Crippen molar-refractivity contribution < 1.29 is 14.3 Å². The van der Waals surface area contributed by atoms with Crippen LogP contribution in [0.25, 0.3) is 5.69 Å². The van der Waals surface area contributed by atoms with Gasteiger partial charge in [-0.3, -0.25) is 4.90 Å². The molecule has 2 atom stereocenters. The van der Waals surface area contributed by atoms with E-state index in [2.05, 4.69) is 39.6 Å². The molecule has 1 saturated heterocycles. The van der Waals surface area contributed by atoms with Gasteiger partial charge in [0.25, 0.3) is 0 Å². The Balaban J connectivity index is 1.40. The number of alkyl carbamates (subject to hydrolysis) is 1. The molecule has 2 heterocycles. The number of carbonyl (C=O) groups is 1. The van der Waals surface area contributed by atoms with Crippen LogP contribution in [0.4, 0.5) is 4.79 Å². The van der Waals surface area contributed by atoms with Crippen LogP contribution in [0.5, 0.6) is 5.75 Å². The van der Waals surface area contributed by atoms with Crippen LogP contribution in [0.3, 0.4) is 0 Å². The van der Waals surface area contributed by atoms with E-state index >= 15 is 0 Å². The first kappa shape index (κ1) is 23.8. The summed E-state index contributed by atoms with van der Waals surface area (Å²) in [6, 6.07) is 20.2. The quantitative estimate of drug-likeness (QED) is 0.553. The molecule has 0 radical (unpaired) electrons. The molecule has 34 heavy (non-hydrogen) atoms. The predicted molar refractivity (Wildman–Crippen MR) is 132 cm³/mol. The lowest BCUT2D eigenvalue weighted by atomic mass is 9.94. The zero-order chi connectivity index (χ0) is 24.0. The average molecular weight is 463 g/mol. The number of aromatic nitrogens is 2. The molecule has 1 fully saturated rings. The standard InChI is InChI=1S/C27H34N4O3/c1-27(2,3)29-26(32)34-25-14-17-30(18-21-8-5-4-6-9-21)19-22(25)20-33-24-12-10-23(11-13-24)31-16-7-15-28-31/h4-13,15-16,22,25H,14,17-20H2,1-3H3,(H,29,32). The van der Waals surface area contributed by atoms with Gasteiger partial charge in [-0.2, -0.15) is 5.10 Å². The number of piperidine rings is 1. The van der Waals surface area contributed by atoms with E-state index in [-0.39, 0.29) is 23.7 Å². The lowest BCUT2D eigenvalue weighted by molar-refractivity contribution is -0.0123. The van der Waals surface area contributed by atoms with E-state index in [1.807, 2.05) is 68.0 Å². The molecule has 3 aromatic rings. The zero-order valence-corrected chi connectivity index (χ0v) is 20.2. The molecule has 0 spiro atoms. The van der Waals surface area contributed by atoms with Crippen LogP contribution in [0.15, 0.2) is 73.1 Å². The molecule has 180 valence electrons.